The lowest BCUT2D eigenvalue weighted by Crippen LogP contribution is -2.31. The van der Waals surface area contributed by atoms with Crippen LogP contribution in [0.3, 0.4) is 0 Å². The number of benzene rings is 2. The summed E-state index contributed by atoms with van der Waals surface area (Å²) in [4.78, 5) is 17.4. The quantitative estimate of drug-likeness (QED) is 0.554. The van der Waals surface area contributed by atoms with Gasteiger partial charge in [-0.25, -0.2) is 9.67 Å². The smallest absolute Gasteiger partial charge is 0.273 e. The molecule has 2 unspecified atom stereocenters. The Morgan fingerprint density at radius 2 is 1.77 bits per heavy atom. The Morgan fingerprint density at radius 3 is 2.43 bits per heavy atom. The third-order valence-corrected chi connectivity index (χ3v) is 5.48. The molecule has 6 nitrogen and oxygen atoms in total. The van der Waals surface area contributed by atoms with Crippen LogP contribution in [0.2, 0.25) is 0 Å². The molecule has 2 aromatic heterocycles. The number of aryl methyl sites for hydroxylation is 2. The van der Waals surface area contributed by atoms with E-state index in [1.54, 1.807) is 25.6 Å². The molecule has 152 valence electrons. The summed E-state index contributed by atoms with van der Waals surface area (Å²) in [7, 11) is 0. The molecular formula is C24H24N4O2. The van der Waals surface area contributed by atoms with Crippen LogP contribution in [0.25, 0.3) is 5.69 Å². The van der Waals surface area contributed by atoms with Crippen LogP contribution in [0.5, 0.6) is 0 Å². The second-order valence-corrected chi connectivity index (χ2v) is 7.50. The van der Waals surface area contributed by atoms with Gasteiger partial charge in [0.25, 0.3) is 5.56 Å². The van der Waals surface area contributed by atoms with Gasteiger partial charge in [0.05, 0.1) is 24.1 Å². The second-order valence-electron chi connectivity index (χ2n) is 7.50. The zero-order chi connectivity index (χ0) is 21.3. The molecule has 2 heterocycles. The topological polar surface area (TPSA) is 72.9 Å². The van der Waals surface area contributed by atoms with Crippen LogP contribution in [0.4, 0.5) is 0 Å². The fourth-order valence-electron chi connectivity index (χ4n) is 3.75. The highest BCUT2D eigenvalue weighted by Crippen LogP contribution is 2.26. The van der Waals surface area contributed by atoms with Crippen LogP contribution in [0.1, 0.15) is 46.9 Å². The van der Waals surface area contributed by atoms with Crippen molar-refractivity contribution in [1.29, 1.82) is 0 Å². The second kappa shape index (κ2) is 8.08. The van der Waals surface area contributed by atoms with Crippen LogP contribution < -0.4 is 5.56 Å². The molecule has 0 aliphatic rings. The average Bonchev–Trinajstić information content (AvgIpc) is 3.28. The minimum absolute atomic E-state index is 0.240. The zero-order valence-electron chi connectivity index (χ0n) is 17.2. The third kappa shape index (κ3) is 3.57. The van der Waals surface area contributed by atoms with Crippen molar-refractivity contribution in [3.05, 3.63) is 112 Å². The van der Waals surface area contributed by atoms with E-state index in [0.717, 1.165) is 16.8 Å². The fourth-order valence-corrected chi connectivity index (χ4v) is 3.75. The van der Waals surface area contributed by atoms with E-state index < -0.39 is 6.10 Å². The van der Waals surface area contributed by atoms with Crippen molar-refractivity contribution in [1.82, 2.24) is 19.3 Å². The predicted octanol–water partition coefficient (Wildman–Crippen LogP) is 3.74. The molecule has 4 rings (SSSR count). The number of aliphatic hydroxyl groups excluding tert-OH is 1. The number of aromatic nitrogens is 4. The fraction of sp³-hybridized carbons (Fsp3) is 0.208. The van der Waals surface area contributed by atoms with Gasteiger partial charge in [0.2, 0.25) is 0 Å². The van der Waals surface area contributed by atoms with E-state index in [4.69, 9.17) is 0 Å². The third-order valence-electron chi connectivity index (χ3n) is 5.48. The van der Waals surface area contributed by atoms with Crippen molar-refractivity contribution in [2.45, 2.75) is 32.9 Å². The average molecular weight is 400 g/mol. The largest absolute Gasteiger partial charge is 0.383 e. The minimum atomic E-state index is -1.04. The van der Waals surface area contributed by atoms with Gasteiger partial charge < -0.3 is 9.67 Å². The molecule has 0 spiro atoms. The SMILES string of the molecule is Cc1cc(C(O)c2c(C)cnn(C(C)c3ccccc3)c2=O)ccc1-n1ccnc1. The molecule has 30 heavy (non-hydrogen) atoms. The first-order chi connectivity index (χ1) is 14.5. The van der Waals surface area contributed by atoms with Gasteiger partial charge in [-0.15, -0.1) is 0 Å². The normalized spacial score (nSPS) is 13.2. The number of rotatable bonds is 5. The Labute approximate surface area is 175 Å². The summed E-state index contributed by atoms with van der Waals surface area (Å²) in [5, 5.41) is 15.5. The van der Waals surface area contributed by atoms with Gasteiger partial charge >= 0.3 is 0 Å². The van der Waals surface area contributed by atoms with E-state index in [9.17, 15) is 9.90 Å². The van der Waals surface area contributed by atoms with Gasteiger partial charge in [0.15, 0.2) is 0 Å². The Hall–Kier alpha value is -3.51. The van der Waals surface area contributed by atoms with Gasteiger partial charge in [-0.05, 0) is 49.1 Å². The number of imidazole rings is 1. The molecular weight excluding hydrogens is 376 g/mol. The van der Waals surface area contributed by atoms with Crippen LogP contribution in [-0.2, 0) is 0 Å². The Balaban J connectivity index is 1.73. The molecule has 0 amide bonds. The van der Waals surface area contributed by atoms with Crippen molar-refractivity contribution < 1.29 is 5.11 Å². The number of hydrogen-bond acceptors (Lipinski definition) is 4. The highest BCUT2D eigenvalue weighted by atomic mass is 16.3. The van der Waals surface area contributed by atoms with Crippen molar-refractivity contribution in [2.24, 2.45) is 0 Å². The molecule has 2 aromatic carbocycles. The lowest BCUT2D eigenvalue weighted by molar-refractivity contribution is 0.216. The van der Waals surface area contributed by atoms with Crippen molar-refractivity contribution in [2.75, 3.05) is 0 Å². The molecule has 1 N–H and O–H groups in total. The highest BCUT2D eigenvalue weighted by molar-refractivity contribution is 5.45. The first-order valence-corrected chi connectivity index (χ1v) is 9.87. The van der Waals surface area contributed by atoms with Gasteiger partial charge in [-0.1, -0.05) is 42.5 Å². The molecule has 0 aliphatic heterocycles. The van der Waals surface area contributed by atoms with Crippen LogP contribution in [0, 0.1) is 13.8 Å². The van der Waals surface area contributed by atoms with E-state index in [2.05, 4.69) is 10.1 Å². The molecule has 0 saturated heterocycles. The molecule has 6 heteroatoms. The summed E-state index contributed by atoms with van der Waals surface area (Å²) < 4.78 is 3.35. The number of nitrogens with zero attached hydrogens (tertiary/aromatic N) is 4. The van der Waals surface area contributed by atoms with Crippen LogP contribution >= 0.6 is 0 Å². The Kier molecular flexibility index (Phi) is 5.33. The Bertz CT molecular complexity index is 1210. The Morgan fingerprint density at radius 1 is 1.00 bits per heavy atom. The van der Waals surface area contributed by atoms with E-state index in [0.29, 0.717) is 16.7 Å². The van der Waals surface area contributed by atoms with Crippen molar-refractivity contribution in [3.8, 4) is 5.69 Å². The zero-order valence-corrected chi connectivity index (χ0v) is 17.2. The summed E-state index contributed by atoms with van der Waals surface area (Å²) in [6.07, 6.45) is 5.93. The van der Waals surface area contributed by atoms with Gasteiger partial charge in [0, 0.05) is 18.1 Å². The summed E-state index contributed by atoms with van der Waals surface area (Å²) in [5.41, 5.74) is 4.34. The monoisotopic (exact) mass is 400 g/mol. The van der Waals surface area contributed by atoms with E-state index in [1.807, 2.05) is 73.1 Å². The van der Waals surface area contributed by atoms with E-state index >= 15 is 0 Å². The molecule has 0 saturated carbocycles. The van der Waals surface area contributed by atoms with E-state index in [1.165, 1.54) is 4.68 Å². The summed E-state index contributed by atoms with van der Waals surface area (Å²) in [5.74, 6) is 0. The molecule has 0 fully saturated rings. The lowest BCUT2D eigenvalue weighted by atomic mass is 9.97. The van der Waals surface area contributed by atoms with Gasteiger partial charge in [-0.3, -0.25) is 4.79 Å². The summed E-state index contributed by atoms with van der Waals surface area (Å²) in [6.45, 7) is 5.71. The maximum absolute atomic E-state index is 13.3. The first-order valence-electron chi connectivity index (χ1n) is 9.87. The molecule has 4 aromatic rings. The maximum atomic E-state index is 13.3. The number of aliphatic hydroxyl groups is 1. The molecule has 0 aliphatic carbocycles. The summed E-state index contributed by atoms with van der Waals surface area (Å²) in [6, 6.07) is 15.2. The minimum Gasteiger partial charge on any atom is -0.383 e. The molecule has 0 bridgehead atoms. The molecule has 2 atom stereocenters. The highest BCUT2D eigenvalue weighted by Gasteiger charge is 2.22. The summed E-state index contributed by atoms with van der Waals surface area (Å²) >= 11 is 0. The lowest BCUT2D eigenvalue weighted by Gasteiger charge is -2.19. The van der Waals surface area contributed by atoms with Crippen molar-refractivity contribution >= 4 is 0 Å². The number of hydrogen-bond donors (Lipinski definition) is 1. The van der Waals surface area contributed by atoms with Crippen LogP contribution in [0.15, 0.2) is 78.2 Å². The van der Waals surface area contributed by atoms with Crippen LogP contribution in [-0.4, -0.2) is 24.4 Å². The van der Waals surface area contributed by atoms with Gasteiger partial charge in [0.1, 0.15) is 6.10 Å². The first kappa shape index (κ1) is 19.8. The predicted molar refractivity (Wildman–Crippen MR) is 116 cm³/mol. The van der Waals surface area contributed by atoms with Crippen molar-refractivity contribution in [3.63, 3.8) is 0 Å². The molecule has 0 radical (unpaired) electrons. The standard InChI is InChI=1S/C24H24N4O2/c1-16-13-20(9-10-21(16)27-12-11-25-15-27)23(29)22-17(2)14-26-28(24(22)30)18(3)19-7-5-4-6-8-19/h4-15,18,23,29H,1-3H3. The maximum Gasteiger partial charge on any atom is 0.273 e. The van der Waals surface area contributed by atoms with Gasteiger partial charge in [-0.2, -0.15) is 5.10 Å². The van der Waals surface area contributed by atoms with E-state index in [-0.39, 0.29) is 11.6 Å².